The van der Waals surface area contributed by atoms with Gasteiger partial charge in [-0.05, 0) is 48.4 Å². The second kappa shape index (κ2) is 5.71. The Labute approximate surface area is 111 Å². The molecule has 3 nitrogen and oxygen atoms in total. The number of halogens is 1. The third-order valence-corrected chi connectivity index (χ3v) is 2.83. The molecule has 0 fully saturated rings. The highest BCUT2D eigenvalue weighted by Crippen LogP contribution is 2.20. The molecule has 0 aliphatic rings. The Morgan fingerprint density at radius 3 is 2.74 bits per heavy atom. The monoisotopic (exact) mass is 261 g/mol. The van der Waals surface area contributed by atoms with Gasteiger partial charge in [0, 0.05) is 5.69 Å². The van der Waals surface area contributed by atoms with Gasteiger partial charge in [-0.2, -0.15) is 0 Å². The van der Waals surface area contributed by atoms with Gasteiger partial charge >= 0.3 is 0 Å². The van der Waals surface area contributed by atoms with Crippen molar-refractivity contribution in [1.82, 2.24) is 0 Å². The first-order chi connectivity index (χ1) is 9.06. The summed E-state index contributed by atoms with van der Waals surface area (Å²) in [5.74, 6) is 0.255. The number of benzene rings is 2. The first-order valence-electron chi connectivity index (χ1n) is 5.98. The van der Waals surface area contributed by atoms with Crippen molar-refractivity contribution in [3.8, 4) is 5.75 Å². The number of aliphatic hydroxyl groups is 1. The number of hydrogen-bond acceptors (Lipinski definition) is 3. The SMILES string of the molecule is Cc1cc(OCC(O)c2cccc(N)c2)ccc1F. The van der Waals surface area contributed by atoms with Crippen molar-refractivity contribution < 1.29 is 14.2 Å². The largest absolute Gasteiger partial charge is 0.491 e. The predicted molar refractivity (Wildman–Crippen MR) is 72.4 cm³/mol. The Hall–Kier alpha value is -2.07. The number of nitrogen functional groups attached to an aromatic ring is 1. The lowest BCUT2D eigenvalue weighted by Crippen LogP contribution is -2.10. The van der Waals surface area contributed by atoms with Crippen LogP contribution in [0.2, 0.25) is 0 Å². The van der Waals surface area contributed by atoms with Crippen LogP contribution in [-0.4, -0.2) is 11.7 Å². The summed E-state index contributed by atoms with van der Waals surface area (Å²) >= 11 is 0. The number of aliphatic hydroxyl groups excluding tert-OH is 1. The van der Waals surface area contributed by atoms with Crippen LogP contribution in [0, 0.1) is 12.7 Å². The van der Waals surface area contributed by atoms with Crippen LogP contribution in [0.5, 0.6) is 5.75 Å². The van der Waals surface area contributed by atoms with E-state index in [0.717, 1.165) is 0 Å². The van der Waals surface area contributed by atoms with Crippen molar-refractivity contribution >= 4 is 5.69 Å². The maximum atomic E-state index is 13.1. The lowest BCUT2D eigenvalue weighted by Gasteiger charge is -2.13. The first-order valence-corrected chi connectivity index (χ1v) is 5.98. The number of rotatable bonds is 4. The van der Waals surface area contributed by atoms with E-state index in [1.807, 2.05) is 0 Å². The lowest BCUT2D eigenvalue weighted by molar-refractivity contribution is 0.108. The Bertz CT molecular complexity index is 572. The van der Waals surface area contributed by atoms with Crippen LogP contribution in [0.25, 0.3) is 0 Å². The molecule has 0 amide bonds. The molecule has 1 atom stereocenters. The van der Waals surface area contributed by atoms with Gasteiger partial charge < -0.3 is 15.6 Å². The van der Waals surface area contributed by atoms with E-state index in [1.54, 1.807) is 37.3 Å². The van der Waals surface area contributed by atoms with Gasteiger partial charge in [0.25, 0.3) is 0 Å². The second-order valence-corrected chi connectivity index (χ2v) is 4.41. The highest BCUT2D eigenvalue weighted by Gasteiger charge is 2.09. The summed E-state index contributed by atoms with van der Waals surface area (Å²) in [6.45, 7) is 1.76. The highest BCUT2D eigenvalue weighted by molar-refractivity contribution is 5.41. The van der Waals surface area contributed by atoms with Crippen LogP contribution in [0.1, 0.15) is 17.2 Å². The van der Waals surface area contributed by atoms with Crippen LogP contribution in [0.3, 0.4) is 0 Å². The molecule has 4 heteroatoms. The molecule has 0 bridgehead atoms. The fourth-order valence-electron chi connectivity index (χ4n) is 1.74. The van der Waals surface area contributed by atoms with Crippen LogP contribution in [0.15, 0.2) is 42.5 Å². The van der Waals surface area contributed by atoms with Gasteiger partial charge in [-0.15, -0.1) is 0 Å². The molecule has 0 aromatic heterocycles. The zero-order chi connectivity index (χ0) is 13.8. The van der Waals surface area contributed by atoms with Gasteiger partial charge in [0.15, 0.2) is 0 Å². The molecule has 1 unspecified atom stereocenters. The fourth-order valence-corrected chi connectivity index (χ4v) is 1.74. The molecule has 0 aliphatic carbocycles. The number of anilines is 1. The third kappa shape index (κ3) is 3.45. The zero-order valence-electron chi connectivity index (χ0n) is 10.6. The summed E-state index contributed by atoms with van der Waals surface area (Å²) in [6, 6.07) is 11.5. The standard InChI is InChI=1S/C15H16FNO2/c1-10-7-13(5-6-14(10)16)19-9-15(18)11-3-2-4-12(17)8-11/h2-8,15,18H,9,17H2,1H3. The van der Waals surface area contributed by atoms with Gasteiger partial charge in [0.2, 0.25) is 0 Å². The van der Waals surface area contributed by atoms with E-state index in [0.29, 0.717) is 22.6 Å². The van der Waals surface area contributed by atoms with Crippen molar-refractivity contribution in [3.05, 3.63) is 59.4 Å². The van der Waals surface area contributed by atoms with Crippen molar-refractivity contribution in [2.45, 2.75) is 13.0 Å². The van der Waals surface area contributed by atoms with E-state index < -0.39 is 6.10 Å². The summed E-state index contributed by atoms with van der Waals surface area (Å²) in [6.07, 6.45) is -0.770. The van der Waals surface area contributed by atoms with Crippen LogP contribution in [0.4, 0.5) is 10.1 Å². The summed E-state index contributed by atoms with van der Waals surface area (Å²) in [5.41, 5.74) is 7.44. The number of ether oxygens (including phenoxy) is 1. The van der Waals surface area contributed by atoms with Gasteiger partial charge in [0.1, 0.15) is 24.3 Å². The van der Waals surface area contributed by atoms with E-state index in [4.69, 9.17) is 10.5 Å². The van der Waals surface area contributed by atoms with Crippen molar-refractivity contribution in [2.24, 2.45) is 0 Å². The Balaban J connectivity index is 2.00. The predicted octanol–water partition coefficient (Wildman–Crippen LogP) is 2.83. The molecule has 0 saturated carbocycles. The Morgan fingerprint density at radius 1 is 1.26 bits per heavy atom. The maximum Gasteiger partial charge on any atom is 0.126 e. The van der Waals surface area contributed by atoms with E-state index in [-0.39, 0.29) is 12.4 Å². The Kier molecular flexibility index (Phi) is 4.02. The maximum absolute atomic E-state index is 13.1. The molecule has 100 valence electrons. The van der Waals surface area contributed by atoms with Crippen LogP contribution >= 0.6 is 0 Å². The van der Waals surface area contributed by atoms with Gasteiger partial charge in [-0.1, -0.05) is 12.1 Å². The molecule has 0 saturated heterocycles. The average molecular weight is 261 g/mol. The molecule has 0 heterocycles. The molecule has 0 radical (unpaired) electrons. The molecular weight excluding hydrogens is 245 g/mol. The zero-order valence-corrected chi connectivity index (χ0v) is 10.6. The molecule has 2 aromatic rings. The molecule has 3 N–H and O–H groups in total. The van der Waals surface area contributed by atoms with E-state index >= 15 is 0 Å². The average Bonchev–Trinajstić information content (AvgIpc) is 2.40. The summed E-state index contributed by atoms with van der Waals surface area (Å²) < 4.78 is 18.5. The number of nitrogens with two attached hydrogens (primary N) is 1. The van der Waals surface area contributed by atoms with Crippen LogP contribution < -0.4 is 10.5 Å². The van der Waals surface area contributed by atoms with Crippen molar-refractivity contribution in [1.29, 1.82) is 0 Å². The summed E-state index contributed by atoms with van der Waals surface area (Å²) in [4.78, 5) is 0. The number of hydrogen-bond donors (Lipinski definition) is 2. The molecule has 2 rings (SSSR count). The first kappa shape index (κ1) is 13.4. The summed E-state index contributed by atoms with van der Waals surface area (Å²) in [5, 5.41) is 9.98. The molecule has 19 heavy (non-hydrogen) atoms. The number of aryl methyl sites for hydroxylation is 1. The van der Waals surface area contributed by atoms with Gasteiger partial charge in [-0.3, -0.25) is 0 Å². The second-order valence-electron chi connectivity index (χ2n) is 4.41. The van der Waals surface area contributed by atoms with Crippen molar-refractivity contribution in [3.63, 3.8) is 0 Å². The topological polar surface area (TPSA) is 55.5 Å². The molecule has 0 spiro atoms. The third-order valence-electron chi connectivity index (χ3n) is 2.83. The van der Waals surface area contributed by atoms with Gasteiger partial charge in [-0.25, -0.2) is 4.39 Å². The molecule has 2 aromatic carbocycles. The normalized spacial score (nSPS) is 12.2. The quantitative estimate of drug-likeness (QED) is 0.832. The summed E-state index contributed by atoms with van der Waals surface area (Å²) in [7, 11) is 0. The van der Waals surface area contributed by atoms with E-state index in [9.17, 15) is 9.50 Å². The minimum absolute atomic E-state index is 0.0918. The highest BCUT2D eigenvalue weighted by atomic mass is 19.1. The van der Waals surface area contributed by atoms with Crippen LogP contribution in [-0.2, 0) is 0 Å². The Morgan fingerprint density at radius 2 is 2.05 bits per heavy atom. The van der Waals surface area contributed by atoms with Gasteiger partial charge in [0.05, 0.1) is 0 Å². The van der Waals surface area contributed by atoms with E-state index in [2.05, 4.69) is 0 Å². The molecular formula is C15H16FNO2. The minimum Gasteiger partial charge on any atom is -0.491 e. The smallest absolute Gasteiger partial charge is 0.126 e. The fraction of sp³-hybridized carbons (Fsp3) is 0.200. The lowest BCUT2D eigenvalue weighted by atomic mass is 10.1. The van der Waals surface area contributed by atoms with Crippen molar-refractivity contribution in [2.75, 3.05) is 12.3 Å². The minimum atomic E-state index is -0.770. The molecule has 0 aliphatic heterocycles. The van der Waals surface area contributed by atoms with E-state index in [1.165, 1.54) is 12.1 Å².